The molecule has 0 saturated carbocycles. The molecule has 0 N–H and O–H groups in total. The number of rotatable bonds is 22. The van der Waals surface area contributed by atoms with Gasteiger partial charge in [-0.05, 0) is 140 Å². The average molecular weight is 1830 g/mol. The number of hydrogen-bond acceptors (Lipinski definition) is 26. The molecule has 20 rings (SSSR count). The lowest BCUT2D eigenvalue weighted by atomic mass is 10.0. The van der Waals surface area contributed by atoms with Crippen LogP contribution in [0.3, 0.4) is 0 Å². The standard InChI is InChI=1S/C22H19F4N7O.C22H22FN7O.C21H20F3N7OS.C20H18F3N7OS/c1-31-20(15(11-27-31)16-3-2-4-18(28-16)22(24,25)26)17(34)9-13-5-8-33-19(10-13)29-21(30-33)32-7-6-14(23)12-32;1-14-3-6-24-18(9-14)17-12-25-28(2)21(17)19(31)10-15-4-8-30-20(11-15)26-22(27-30)29-7-5-16(23)13-29;1-11-17(19(23)24)27-20(33-11)14-9-25-29(2)18(14)15(32)7-12-3-6-31-16(8-12)26-21(28-31)30-5-4-13(22)10-30;1-28-17(13(8-24-28)19-25-14(10-32-19)18(22)23)15(31)6-11-2-5-30-16(7-11)26-20(27-30)29-4-3-12(21)9-29/h2-5,8,10-11,14H,6-7,9,12H2,1H3;3-4,6,8-9,11-12,16H,5,7,10,13H2,1-2H3;3,6,8-9,13,19H,4-5,7,10H2,1-2H3;2,5,7-8,10,12,18H,3-4,6,9H2,1H3/t14-;16-;13-;12-/m0010/s1. The molecule has 45 heteroatoms. The third-order valence-electron chi connectivity index (χ3n) is 22.2. The molecule has 4 aliphatic heterocycles. The van der Waals surface area contributed by atoms with Gasteiger partial charge < -0.3 is 19.6 Å². The molecule has 4 aliphatic rings. The lowest BCUT2D eigenvalue weighted by Gasteiger charge is -2.10. The third kappa shape index (κ3) is 19.0. The minimum Gasteiger partial charge on any atom is -0.336 e. The van der Waals surface area contributed by atoms with E-state index in [1.54, 1.807) is 146 Å². The van der Waals surface area contributed by atoms with Crippen molar-refractivity contribution in [1.29, 1.82) is 0 Å². The number of ketones is 4. The highest BCUT2D eigenvalue weighted by Gasteiger charge is 2.36. The summed E-state index contributed by atoms with van der Waals surface area (Å²) in [5, 5.41) is 36.1. The van der Waals surface area contributed by atoms with E-state index < -0.39 is 49.4 Å². The van der Waals surface area contributed by atoms with E-state index in [4.69, 9.17) is 0 Å². The van der Waals surface area contributed by atoms with Gasteiger partial charge in [0.15, 0.2) is 45.7 Å². The number of Topliss-reactive ketones (excluding diaryl/α,β-unsaturated/α-hetero) is 4. The Morgan fingerprint density at radius 3 is 1.12 bits per heavy atom. The Balaban J connectivity index is 0.000000122. The quantitative estimate of drug-likeness (QED) is 0.0449. The maximum absolute atomic E-state index is 13.5. The van der Waals surface area contributed by atoms with Crippen molar-refractivity contribution < 1.29 is 67.5 Å². The molecule has 0 bridgehead atoms. The Morgan fingerprint density at radius 1 is 0.431 bits per heavy atom. The summed E-state index contributed by atoms with van der Waals surface area (Å²) in [7, 11) is 6.56. The Hall–Kier alpha value is -14.0. The number of carbonyl (C=O) groups is 4. The Labute approximate surface area is 738 Å². The molecule has 672 valence electrons. The molecule has 0 amide bonds. The number of alkyl halides is 11. The highest BCUT2D eigenvalue weighted by molar-refractivity contribution is 7.15. The smallest absolute Gasteiger partial charge is 0.336 e. The summed E-state index contributed by atoms with van der Waals surface area (Å²) in [6.07, 6.45) is 3.23. The fourth-order valence-corrected chi connectivity index (χ4v) is 17.5. The van der Waals surface area contributed by atoms with Gasteiger partial charge in [0.05, 0.1) is 73.5 Å². The zero-order valence-corrected chi connectivity index (χ0v) is 71.8. The second-order valence-corrected chi connectivity index (χ2v) is 33.7. The van der Waals surface area contributed by atoms with Crippen molar-refractivity contribution in [3.8, 4) is 43.7 Å². The molecule has 4 saturated heterocycles. The molecule has 0 aromatic carbocycles. The normalized spacial score (nSPS) is 16.5. The van der Waals surface area contributed by atoms with E-state index in [-0.39, 0.29) is 96.8 Å². The lowest BCUT2D eigenvalue weighted by molar-refractivity contribution is -0.141. The van der Waals surface area contributed by atoms with Gasteiger partial charge in [-0.25, -0.2) is 68.1 Å². The fraction of sp³-hybridized carbons (Fsp3) is 0.341. The molecular formula is C85H79F11N28O4S2. The van der Waals surface area contributed by atoms with Crippen LogP contribution in [0, 0.1) is 13.8 Å². The number of nitrogens with zero attached hydrogens (tertiary/aromatic N) is 28. The van der Waals surface area contributed by atoms with Gasteiger partial charge in [-0.1, -0.05) is 6.07 Å². The van der Waals surface area contributed by atoms with Crippen molar-refractivity contribution in [2.45, 2.75) is 109 Å². The van der Waals surface area contributed by atoms with E-state index in [1.807, 2.05) is 36.1 Å². The van der Waals surface area contributed by atoms with Crippen LogP contribution in [0.15, 0.2) is 140 Å². The van der Waals surface area contributed by atoms with Crippen LogP contribution < -0.4 is 19.6 Å². The van der Waals surface area contributed by atoms with Crippen LogP contribution in [0.2, 0.25) is 0 Å². The molecular weight excluding hydrogens is 1750 g/mol. The van der Waals surface area contributed by atoms with Gasteiger partial charge in [0.25, 0.3) is 12.9 Å². The van der Waals surface area contributed by atoms with Gasteiger partial charge in [0.2, 0.25) is 23.8 Å². The number of halogens is 11. The first-order valence-electron chi connectivity index (χ1n) is 41.0. The van der Waals surface area contributed by atoms with E-state index >= 15 is 0 Å². The number of thiazole rings is 2. The zero-order valence-electron chi connectivity index (χ0n) is 70.2. The summed E-state index contributed by atoms with van der Waals surface area (Å²) >= 11 is 2.16. The number of hydrogen-bond donors (Lipinski definition) is 0. The van der Waals surface area contributed by atoms with Gasteiger partial charge in [-0.2, -0.15) is 53.5 Å². The Morgan fingerprint density at radius 2 is 0.792 bits per heavy atom. The van der Waals surface area contributed by atoms with Gasteiger partial charge in [0, 0.05) is 132 Å². The van der Waals surface area contributed by atoms with Crippen LogP contribution >= 0.6 is 22.7 Å². The number of fused-ring (bicyclic) bond motifs is 4. The Kier molecular flexibility index (Phi) is 24.8. The number of carbonyl (C=O) groups excluding carboxylic acids is 4. The molecule has 32 nitrogen and oxygen atoms in total. The van der Waals surface area contributed by atoms with Gasteiger partial charge in [-0.15, -0.1) is 43.1 Å². The molecule has 16 aromatic heterocycles. The maximum atomic E-state index is 13.5. The van der Waals surface area contributed by atoms with E-state index in [9.17, 15) is 67.5 Å². The molecule has 130 heavy (non-hydrogen) atoms. The predicted octanol–water partition coefficient (Wildman–Crippen LogP) is 13.6. The van der Waals surface area contributed by atoms with Crippen LogP contribution in [0.5, 0.6) is 0 Å². The zero-order chi connectivity index (χ0) is 91.2. The average Bonchev–Trinajstić information content (AvgIpc) is 1.63. The number of anilines is 4. The van der Waals surface area contributed by atoms with Crippen molar-refractivity contribution in [3.63, 3.8) is 0 Å². The van der Waals surface area contributed by atoms with Gasteiger partial charge in [0.1, 0.15) is 74.6 Å². The first-order valence-corrected chi connectivity index (χ1v) is 42.7. The summed E-state index contributed by atoms with van der Waals surface area (Å²) in [5.41, 5.74) is 8.39. The van der Waals surface area contributed by atoms with E-state index in [2.05, 4.69) is 80.7 Å². The monoisotopic (exact) mass is 1830 g/mol. The number of aryl methyl sites for hydroxylation is 6. The number of pyridine rings is 6. The summed E-state index contributed by atoms with van der Waals surface area (Å²) in [6, 6.07) is 21.5. The first kappa shape index (κ1) is 88.0. The molecule has 16 aromatic rings. The highest BCUT2D eigenvalue weighted by Crippen LogP contribution is 2.38. The van der Waals surface area contributed by atoms with Crippen LogP contribution in [-0.4, -0.2) is 218 Å². The summed E-state index contributed by atoms with van der Waals surface area (Å²) < 4.78 is 158. The third-order valence-corrected chi connectivity index (χ3v) is 24.2. The molecule has 0 unspecified atom stereocenters. The summed E-state index contributed by atoms with van der Waals surface area (Å²) in [4.78, 5) is 94.2. The SMILES string of the molecule is Cc1ccnc(-c2cnn(C)c2C(=O)Cc2ccn3nc(N4CC[C@H](F)C4)nc3c2)c1.Cc1sc(-c2cnn(C)c2C(=O)Cc2ccn3nc(N4CC[C@@H](F)C4)nc3c2)nc1C(F)F.Cn1ncc(-c2cccc(C(F)(F)F)n2)c1C(=O)Cc1ccn2nc(N3CC[C@H](F)C3)nc2c1.Cn1ncc(-c2nc(C(F)F)cs2)c1C(=O)Cc1ccn2nc(N3CC[C@H](F)C3)nc2c1. The van der Waals surface area contributed by atoms with Crippen molar-refractivity contribution in [3.05, 3.63) is 213 Å². The second-order valence-electron chi connectivity index (χ2n) is 31.6. The molecule has 4 atom stereocenters. The molecule has 0 aliphatic carbocycles. The fourth-order valence-electron chi connectivity index (χ4n) is 15.7. The molecule has 20 heterocycles. The number of aromatic nitrogens is 24. The van der Waals surface area contributed by atoms with Crippen LogP contribution in [0.25, 0.3) is 66.2 Å². The predicted molar refractivity (Wildman–Crippen MR) is 457 cm³/mol. The largest absolute Gasteiger partial charge is 0.433 e. The van der Waals surface area contributed by atoms with Crippen molar-refractivity contribution in [2.75, 3.05) is 72.0 Å². The van der Waals surface area contributed by atoms with E-state index in [1.165, 1.54) is 50.1 Å². The minimum atomic E-state index is -4.60. The van der Waals surface area contributed by atoms with E-state index in [0.717, 1.165) is 51.1 Å². The molecule has 0 spiro atoms. The van der Waals surface area contributed by atoms with Crippen molar-refractivity contribution >= 4 is 92.2 Å². The highest BCUT2D eigenvalue weighted by atomic mass is 32.1. The second kappa shape index (κ2) is 36.6. The topological polar surface area (TPSA) is 325 Å². The van der Waals surface area contributed by atoms with Crippen LogP contribution in [0.1, 0.15) is 130 Å². The summed E-state index contributed by atoms with van der Waals surface area (Å²) in [6.45, 7) is 6.96. The lowest BCUT2D eigenvalue weighted by Crippen LogP contribution is -2.21. The van der Waals surface area contributed by atoms with Crippen molar-refractivity contribution in [2.24, 2.45) is 28.2 Å². The van der Waals surface area contributed by atoms with Crippen LogP contribution in [0.4, 0.5) is 72.1 Å². The first-order chi connectivity index (χ1) is 62.3. The van der Waals surface area contributed by atoms with Crippen LogP contribution in [-0.2, 0) is 60.1 Å². The molecule has 0 radical (unpaired) electrons. The summed E-state index contributed by atoms with van der Waals surface area (Å²) in [5.74, 6) is 1.03. The molecule has 4 fully saturated rings. The minimum absolute atomic E-state index is 0.0145. The van der Waals surface area contributed by atoms with Gasteiger partial charge >= 0.3 is 6.18 Å². The van der Waals surface area contributed by atoms with Gasteiger partial charge in [-0.3, -0.25) is 42.9 Å². The Bertz CT molecular complexity index is 6920. The van der Waals surface area contributed by atoms with Crippen molar-refractivity contribution in [1.82, 2.24) is 117 Å². The maximum Gasteiger partial charge on any atom is 0.433 e. The van der Waals surface area contributed by atoms with E-state index in [0.29, 0.717) is 165 Å².